The Balaban J connectivity index is 1.53. The van der Waals surface area contributed by atoms with E-state index in [0.717, 1.165) is 34.1 Å². The number of para-hydroxylation sites is 1. The summed E-state index contributed by atoms with van der Waals surface area (Å²) in [5.74, 6) is -0.355. The second-order valence-corrected chi connectivity index (χ2v) is 10.5. The van der Waals surface area contributed by atoms with E-state index in [1.807, 2.05) is 70.2 Å². The fourth-order valence-electron chi connectivity index (χ4n) is 5.50. The summed E-state index contributed by atoms with van der Waals surface area (Å²) < 4.78 is 0. The topological polar surface area (TPSA) is 94.3 Å². The average Bonchev–Trinajstić information content (AvgIpc) is 3.40. The maximum Gasteiger partial charge on any atom is 0.255 e. The SMILES string of the molecule is CC[C@H](C)[C@H](NC(=O)[C@H]1Cc2c([nH]c3ccccc23)[C@H]2c3ccccc3C(=O)N21)C(=O)NCC(C)C. The Morgan fingerprint density at radius 1 is 1.08 bits per heavy atom. The van der Waals surface area contributed by atoms with E-state index in [1.165, 1.54) is 0 Å². The number of amides is 3. The zero-order chi connectivity index (χ0) is 25.6. The summed E-state index contributed by atoms with van der Waals surface area (Å²) in [6.07, 6.45) is 1.14. The lowest BCUT2D eigenvalue weighted by Crippen LogP contribution is -2.58. The molecule has 188 valence electrons. The van der Waals surface area contributed by atoms with Crippen LogP contribution in [0.15, 0.2) is 48.5 Å². The molecule has 7 heteroatoms. The Hall–Kier alpha value is -3.61. The molecule has 0 spiro atoms. The number of rotatable bonds is 7. The van der Waals surface area contributed by atoms with Crippen LogP contribution in [0.25, 0.3) is 10.9 Å². The summed E-state index contributed by atoms with van der Waals surface area (Å²) in [7, 11) is 0. The van der Waals surface area contributed by atoms with Gasteiger partial charge in [-0.25, -0.2) is 0 Å². The predicted octanol–water partition coefficient (Wildman–Crippen LogP) is 3.94. The molecule has 3 aromatic rings. The average molecular weight is 487 g/mol. The molecule has 2 aromatic carbocycles. The predicted molar refractivity (Wildman–Crippen MR) is 139 cm³/mol. The van der Waals surface area contributed by atoms with Crippen LogP contribution >= 0.6 is 0 Å². The molecule has 3 heterocycles. The summed E-state index contributed by atoms with van der Waals surface area (Å²) in [5.41, 5.74) is 4.54. The third-order valence-corrected chi connectivity index (χ3v) is 7.63. The fourth-order valence-corrected chi connectivity index (χ4v) is 5.50. The molecule has 0 saturated heterocycles. The number of hydrogen-bond donors (Lipinski definition) is 3. The molecule has 0 aliphatic carbocycles. The van der Waals surface area contributed by atoms with Crippen molar-refractivity contribution in [3.05, 3.63) is 70.9 Å². The largest absolute Gasteiger partial charge is 0.356 e. The van der Waals surface area contributed by atoms with Crippen molar-refractivity contribution in [3.63, 3.8) is 0 Å². The second-order valence-electron chi connectivity index (χ2n) is 10.5. The normalized spacial score (nSPS) is 20.0. The van der Waals surface area contributed by atoms with Crippen molar-refractivity contribution in [3.8, 4) is 0 Å². The van der Waals surface area contributed by atoms with E-state index < -0.39 is 12.1 Å². The molecular formula is C29H34N4O3. The lowest BCUT2D eigenvalue weighted by molar-refractivity contribution is -0.133. The van der Waals surface area contributed by atoms with Crippen LogP contribution in [0.2, 0.25) is 0 Å². The maximum absolute atomic E-state index is 13.9. The molecule has 3 N–H and O–H groups in total. The van der Waals surface area contributed by atoms with Crippen molar-refractivity contribution in [1.82, 2.24) is 20.5 Å². The molecule has 3 amide bonds. The number of benzene rings is 2. The van der Waals surface area contributed by atoms with Crippen molar-refractivity contribution in [2.24, 2.45) is 11.8 Å². The van der Waals surface area contributed by atoms with Gasteiger partial charge in [0.1, 0.15) is 12.1 Å². The molecule has 0 radical (unpaired) electrons. The number of fused-ring (bicyclic) bond motifs is 7. The number of H-pyrrole nitrogens is 1. The monoisotopic (exact) mass is 486 g/mol. The Bertz CT molecular complexity index is 1330. The van der Waals surface area contributed by atoms with Gasteiger partial charge in [0.05, 0.1) is 6.04 Å². The number of aromatic amines is 1. The number of nitrogens with one attached hydrogen (secondary N) is 3. The molecule has 4 atom stereocenters. The number of nitrogens with zero attached hydrogens (tertiary/aromatic N) is 1. The van der Waals surface area contributed by atoms with E-state index >= 15 is 0 Å². The summed E-state index contributed by atoms with van der Waals surface area (Å²) in [6.45, 7) is 8.60. The van der Waals surface area contributed by atoms with Gasteiger partial charge in [0, 0.05) is 35.1 Å². The van der Waals surface area contributed by atoms with Gasteiger partial charge in [-0.1, -0.05) is 70.5 Å². The molecule has 36 heavy (non-hydrogen) atoms. The lowest BCUT2D eigenvalue weighted by atomic mass is 9.89. The highest BCUT2D eigenvalue weighted by atomic mass is 16.2. The van der Waals surface area contributed by atoms with Crippen molar-refractivity contribution in [1.29, 1.82) is 0 Å². The van der Waals surface area contributed by atoms with Crippen LogP contribution in [-0.2, 0) is 16.0 Å². The summed E-state index contributed by atoms with van der Waals surface area (Å²) in [4.78, 5) is 45.8. The van der Waals surface area contributed by atoms with Gasteiger partial charge in [-0.3, -0.25) is 14.4 Å². The van der Waals surface area contributed by atoms with Gasteiger partial charge < -0.3 is 20.5 Å². The van der Waals surface area contributed by atoms with Gasteiger partial charge in [-0.05, 0) is 35.1 Å². The lowest BCUT2D eigenvalue weighted by Gasteiger charge is -2.38. The van der Waals surface area contributed by atoms with Crippen LogP contribution in [0.1, 0.15) is 67.3 Å². The number of aromatic nitrogens is 1. The fraction of sp³-hybridized carbons (Fsp3) is 0.414. The summed E-state index contributed by atoms with van der Waals surface area (Å²) >= 11 is 0. The van der Waals surface area contributed by atoms with E-state index in [-0.39, 0.29) is 29.7 Å². The maximum atomic E-state index is 13.9. The van der Waals surface area contributed by atoms with Crippen LogP contribution in [-0.4, -0.2) is 46.2 Å². The summed E-state index contributed by atoms with van der Waals surface area (Å²) in [5, 5.41) is 7.07. The molecule has 0 fully saturated rings. The number of carbonyl (C=O) groups is 3. The van der Waals surface area contributed by atoms with E-state index in [9.17, 15) is 14.4 Å². The number of carbonyl (C=O) groups excluding carboxylic acids is 3. The molecule has 2 aliphatic heterocycles. The minimum Gasteiger partial charge on any atom is -0.356 e. The minimum atomic E-state index is -0.717. The van der Waals surface area contributed by atoms with Gasteiger partial charge in [0.15, 0.2) is 0 Å². The molecule has 5 rings (SSSR count). The van der Waals surface area contributed by atoms with Gasteiger partial charge in [-0.2, -0.15) is 0 Å². The van der Waals surface area contributed by atoms with Crippen molar-refractivity contribution >= 4 is 28.6 Å². The first-order chi connectivity index (χ1) is 17.3. The Labute approximate surface area is 211 Å². The van der Waals surface area contributed by atoms with Crippen LogP contribution < -0.4 is 10.6 Å². The third kappa shape index (κ3) is 3.96. The van der Waals surface area contributed by atoms with E-state index in [1.54, 1.807) is 4.90 Å². The Morgan fingerprint density at radius 2 is 1.81 bits per heavy atom. The van der Waals surface area contributed by atoms with Crippen molar-refractivity contribution in [2.75, 3.05) is 6.54 Å². The van der Waals surface area contributed by atoms with E-state index in [0.29, 0.717) is 24.4 Å². The van der Waals surface area contributed by atoms with E-state index in [4.69, 9.17) is 0 Å². The standard InChI is InChI=1S/C29H34N4O3/c1-5-17(4)24(28(35)30-15-16(2)3)32-27(34)23-14-21-18-10-8-9-13-22(18)31-25(21)26-19-11-6-7-12-20(19)29(36)33(23)26/h6-13,16-17,23-24,26,31H,5,14-15H2,1-4H3,(H,30,35)(H,32,34)/t17-,23+,24-,26+/m0/s1. The molecule has 0 unspecified atom stereocenters. The van der Waals surface area contributed by atoms with Gasteiger partial charge >= 0.3 is 0 Å². The Morgan fingerprint density at radius 3 is 2.56 bits per heavy atom. The molecular weight excluding hydrogens is 452 g/mol. The van der Waals surface area contributed by atoms with Crippen LogP contribution in [0.5, 0.6) is 0 Å². The first kappa shape index (κ1) is 24.1. The molecule has 0 saturated carbocycles. The molecule has 7 nitrogen and oxygen atoms in total. The smallest absolute Gasteiger partial charge is 0.255 e. The van der Waals surface area contributed by atoms with Crippen molar-refractivity contribution < 1.29 is 14.4 Å². The third-order valence-electron chi connectivity index (χ3n) is 7.63. The first-order valence-electron chi connectivity index (χ1n) is 12.9. The molecule has 0 bridgehead atoms. The highest BCUT2D eigenvalue weighted by Crippen LogP contribution is 2.46. The molecule has 2 aliphatic rings. The zero-order valence-corrected chi connectivity index (χ0v) is 21.3. The van der Waals surface area contributed by atoms with Crippen LogP contribution in [0, 0.1) is 11.8 Å². The van der Waals surface area contributed by atoms with Crippen molar-refractivity contribution in [2.45, 2.75) is 58.7 Å². The van der Waals surface area contributed by atoms with Crippen LogP contribution in [0.4, 0.5) is 0 Å². The Kier molecular flexibility index (Phi) is 6.33. The highest BCUT2D eigenvalue weighted by molar-refractivity contribution is 6.04. The highest BCUT2D eigenvalue weighted by Gasteiger charge is 2.49. The quantitative estimate of drug-likeness (QED) is 0.472. The van der Waals surface area contributed by atoms with Gasteiger partial charge in [0.2, 0.25) is 11.8 Å². The zero-order valence-electron chi connectivity index (χ0n) is 21.3. The second kappa shape index (κ2) is 9.45. The van der Waals surface area contributed by atoms with E-state index in [2.05, 4.69) is 21.7 Å². The molecule has 1 aromatic heterocycles. The van der Waals surface area contributed by atoms with Gasteiger partial charge in [-0.15, -0.1) is 0 Å². The number of hydrogen-bond acceptors (Lipinski definition) is 3. The van der Waals surface area contributed by atoms with Gasteiger partial charge in [0.25, 0.3) is 5.91 Å². The van der Waals surface area contributed by atoms with Crippen LogP contribution in [0.3, 0.4) is 0 Å². The minimum absolute atomic E-state index is 0.0457. The first-order valence-corrected chi connectivity index (χ1v) is 12.9. The summed E-state index contributed by atoms with van der Waals surface area (Å²) in [6, 6.07) is 13.9.